The van der Waals surface area contributed by atoms with E-state index in [1.165, 1.54) is 22.5 Å². The van der Waals surface area contributed by atoms with Gasteiger partial charge in [0.05, 0.1) is 0 Å². The first-order valence-electron chi connectivity index (χ1n) is 7.38. The fourth-order valence-corrected chi connectivity index (χ4v) is 2.38. The summed E-state index contributed by atoms with van der Waals surface area (Å²) in [6.45, 7) is 9.48. The Labute approximate surface area is 122 Å². The first-order chi connectivity index (χ1) is 9.74. The molecule has 0 amide bonds. The van der Waals surface area contributed by atoms with Crippen LogP contribution in [0.3, 0.4) is 0 Å². The van der Waals surface area contributed by atoms with E-state index >= 15 is 0 Å². The van der Waals surface area contributed by atoms with Crippen LogP contribution in [0, 0.1) is 6.92 Å². The van der Waals surface area contributed by atoms with Gasteiger partial charge >= 0.3 is 0 Å². The SMILES string of the molecule is CCN(CC)c1ccc(CNc2ccccc2C)cc1. The van der Waals surface area contributed by atoms with E-state index in [1.54, 1.807) is 0 Å². The number of aryl methyl sites for hydroxylation is 1. The normalized spacial score (nSPS) is 10.3. The zero-order valence-corrected chi connectivity index (χ0v) is 12.7. The van der Waals surface area contributed by atoms with Gasteiger partial charge in [0.1, 0.15) is 0 Å². The van der Waals surface area contributed by atoms with Gasteiger partial charge in [-0.05, 0) is 50.1 Å². The molecule has 0 fully saturated rings. The molecule has 0 atom stereocenters. The van der Waals surface area contributed by atoms with Gasteiger partial charge in [0, 0.05) is 31.0 Å². The van der Waals surface area contributed by atoms with E-state index in [4.69, 9.17) is 0 Å². The predicted molar refractivity (Wildman–Crippen MR) is 88.5 cm³/mol. The molecule has 2 aromatic rings. The van der Waals surface area contributed by atoms with Crippen molar-refractivity contribution >= 4 is 11.4 Å². The molecule has 2 aromatic carbocycles. The Bertz CT molecular complexity index is 527. The molecule has 1 N–H and O–H groups in total. The van der Waals surface area contributed by atoms with Crippen molar-refractivity contribution in [3.05, 3.63) is 59.7 Å². The van der Waals surface area contributed by atoms with E-state index in [-0.39, 0.29) is 0 Å². The maximum Gasteiger partial charge on any atom is 0.0400 e. The van der Waals surface area contributed by atoms with Crippen LogP contribution in [-0.4, -0.2) is 13.1 Å². The molecule has 0 saturated carbocycles. The molecule has 0 spiro atoms. The minimum atomic E-state index is 0.864. The minimum Gasteiger partial charge on any atom is -0.381 e. The number of nitrogens with one attached hydrogen (secondary N) is 1. The highest BCUT2D eigenvalue weighted by Gasteiger charge is 2.02. The fourth-order valence-electron chi connectivity index (χ4n) is 2.38. The van der Waals surface area contributed by atoms with Crippen LogP contribution in [0.2, 0.25) is 0 Å². The van der Waals surface area contributed by atoms with Gasteiger partial charge in [-0.2, -0.15) is 0 Å². The zero-order valence-electron chi connectivity index (χ0n) is 12.7. The molecular weight excluding hydrogens is 244 g/mol. The highest BCUT2D eigenvalue weighted by atomic mass is 15.1. The van der Waals surface area contributed by atoms with Crippen LogP contribution in [0.25, 0.3) is 0 Å². The van der Waals surface area contributed by atoms with Crippen LogP contribution in [0.4, 0.5) is 11.4 Å². The van der Waals surface area contributed by atoms with Crippen molar-refractivity contribution in [1.82, 2.24) is 0 Å². The lowest BCUT2D eigenvalue weighted by molar-refractivity contribution is 0.865. The molecule has 0 unspecified atom stereocenters. The lowest BCUT2D eigenvalue weighted by Gasteiger charge is -2.21. The largest absolute Gasteiger partial charge is 0.381 e. The smallest absolute Gasteiger partial charge is 0.0400 e. The second kappa shape index (κ2) is 6.99. The van der Waals surface area contributed by atoms with Crippen LogP contribution in [0.15, 0.2) is 48.5 Å². The summed E-state index contributed by atoms with van der Waals surface area (Å²) in [6.07, 6.45) is 0. The minimum absolute atomic E-state index is 0.864. The molecule has 0 saturated heterocycles. The van der Waals surface area contributed by atoms with E-state index in [1.807, 2.05) is 0 Å². The third-order valence-corrected chi connectivity index (χ3v) is 3.69. The average Bonchev–Trinajstić information content (AvgIpc) is 2.49. The summed E-state index contributed by atoms with van der Waals surface area (Å²) in [5.41, 5.74) is 5.10. The summed E-state index contributed by atoms with van der Waals surface area (Å²) >= 11 is 0. The Kier molecular flexibility index (Phi) is 5.05. The highest BCUT2D eigenvalue weighted by Crippen LogP contribution is 2.17. The van der Waals surface area contributed by atoms with Crippen LogP contribution in [0.5, 0.6) is 0 Å². The molecule has 2 nitrogen and oxygen atoms in total. The molecule has 106 valence electrons. The number of rotatable bonds is 6. The second-order valence-electron chi connectivity index (χ2n) is 5.01. The molecular formula is C18H24N2. The van der Waals surface area contributed by atoms with Crippen molar-refractivity contribution in [3.8, 4) is 0 Å². The third kappa shape index (κ3) is 3.53. The summed E-state index contributed by atoms with van der Waals surface area (Å²) in [4.78, 5) is 2.36. The number of benzene rings is 2. The Balaban J connectivity index is 1.99. The van der Waals surface area contributed by atoms with Gasteiger partial charge in [-0.25, -0.2) is 0 Å². The van der Waals surface area contributed by atoms with Gasteiger partial charge in [0.25, 0.3) is 0 Å². The topological polar surface area (TPSA) is 15.3 Å². The molecule has 0 aliphatic rings. The summed E-state index contributed by atoms with van der Waals surface area (Å²) < 4.78 is 0. The summed E-state index contributed by atoms with van der Waals surface area (Å²) in [5, 5.41) is 3.49. The molecule has 0 radical (unpaired) electrons. The number of hydrogen-bond donors (Lipinski definition) is 1. The first-order valence-corrected chi connectivity index (χ1v) is 7.38. The summed E-state index contributed by atoms with van der Waals surface area (Å²) in [6, 6.07) is 17.2. The Hall–Kier alpha value is -1.96. The van der Waals surface area contributed by atoms with Crippen molar-refractivity contribution in [2.75, 3.05) is 23.3 Å². The van der Waals surface area contributed by atoms with Crippen molar-refractivity contribution in [2.45, 2.75) is 27.3 Å². The van der Waals surface area contributed by atoms with Gasteiger partial charge in [0.2, 0.25) is 0 Å². The number of anilines is 2. The Morgan fingerprint density at radius 1 is 0.900 bits per heavy atom. The quantitative estimate of drug-likeness (QED) is 0.832. The van der Waals surface area contributed by atoms with Gasteiger partial charge < -0.3 is 10.2 Å². The second-order valence-corrected chi connectivity index (χ2v) is 5.01. The van der Waals surface area contributed by atoms with Crippen LogP contribution < -0.4 is 10.2 Å². The lowest BCUT2D eigenvalue weighted by Crippen LogP contribution is -2.21. The monoisotopic (exact) mass is 268 g/mol. The van der Waals surface area contributed by atoms with Crippen molar-refractivity contribution in [1.29, 1.82) is 0 Å². The number of para-hydroxylation sites is 1. The Morgan fingerprint density at radius 2 is 1.55 bits per heavy atom. The predicted octanol–water partition coefficient (Wildman–Crippen LogP) is 4.45. The van der Waals surface area contributed by atoms with Crippen molar-refractivity contribution in [2.24, 2.45) is 0 Å². The highest BCUT2D eigenvalue weighted by molar-refractivity contribution is 5.51. The molecule has 0 bridgehead atoms. The molecule has 0 aliphatic carbocycles. The average molecular weight is 268 g/mol. The van der Waals surface area contributed by atoms with E-state index in [2.05, 4.69) is 79.5 Å². The molecule has 0 aromatic heterocycles. The first kappa shape index (κ1) is 14.4. The Morgan fingerprint density at radius 3 is 2.15 bits per heavy atom. The molecule has 2 rings (SSSR count). The van der Waals surface area contributed by atoms with E-state index in [0.717, 1.165) is 19.6 Å². The molecule has 2 heteroatoms. The maximum atomic E-state index is 3.49. The van der Waals surface area contributed by atoms with E-state index in [9.17, 15) is 0 Å². The summed E-state index contributed by atoms with van der Waals surface area (Å²) in [7, 11) is 0. The van der Waals surface area contributed by atoms with E-state index in [0.29, 0.717) is 0 Å². The number of hydrogen-bond acceptors (Lipinski definition) is 2. The summed E-state index contributed by atoms with van der Waals surface area (Å²) in [5.74, 6) is 0. The maximum absolute atomic E-state index is 3.49. The van der Waals surface area contributed by atoms with Gasteiger partial charge in [-0.1, -0.05) is 30.3 Å². The van der Waals surface area contributed by atoms with Crippen molar-refractivity contribution in [3.63, 3.8) is 0 Å². The van der Waals surface area contributed by atoms with E-state index < -0.39 is 0 Å². The van der Waals surface area contributed by atoms with Gasteiger partial charge in [-0.15, -0.1) is 0 Å². The molecule has 20 heavy (non-hydrogen) atoms. The standard InChI is InChI=1S/C18H24N2/c1-4-20(5-2)17-12-10-16(11-13-17)14-19-18-9-7-6-8-15(18)3/h6-13,19H,4-5,14H2,1-3H3. The molecule has 0 heterocycles. The number of nitrogens with zero attached hydrogens (tertiary/aromatic N) is 1. The zero-order chi connectivity index (χ0) is 14.4. The molecule has 0 aliphatic heterocycles. The lowest BCUT2D eigenvalue weighted by atomic mass is 10.1. The van der Waals surface area contributed by atoms with Crippen LogP contribution in [0.1, 0.15) is 25.0 Å². The van der Waals surface area contributed by atoms with Gasteiger partial charge in [-0.3, -0.25) is 0 Å². The van der Waals surface area contributed by atoms with Crippen molar-refractivity contribution < 1.29 is 0 Å². The van der Waals surface area contributed by atoms with Crippen LogP contribution >= 0.6 is 0 Å². The van der Waals surface area contributed by atoms with Gasteiger partial charge in [0.15, 0.2) is 0 Å². The van der Waals surface area contributed by atoms with Crippen LogP contribution in [-0.2, 0) is 6.54 Å². The third-order valence-electron chi connectivity index (χ3n) is 3.69. The fraction of sp³-hybridized carbons (Fsp3) is 0.333.